The monoisotopic (exact) mass is 392 g/mol. The first-order valence-corrected chi connectivity index (χ1v) is 10.1. The van der Waals surface area contributed by atoms with Gasteiger partial charge in [-0.05, 0) is 40.1 Å². The number of nitrogens with zero attached hydrogens (tertiary/aromatic N) is 1. The molecule has 26 heavy (non-hydrogen) atoms. The van der Waals surface area contributed by atoms with E-state index in [4.69, 9.17) is 16.3 Å². The van der Waals surface area contributed by atoms with Crippen LogP contribution in [0.5, 0.6) is 5.75 Å². The van der Waals surface area contributed by atoms with Crippen LogP contribution < -0.4 is 10.1 Å². The minimum atomic E-state index is -0.118. The molecule has 0 unspecified atom stereocenters. The first-order valence-electron chi connectivity index (χ1n) is 8.75. The first kappa shape index (κ1) is 17.6. The molecule has 0 saturated carbocycles. The zero-order valence-corrected chi connectivity index (χ0v) is 15.9. The summed E-state index contributed by atoms with van der Waals surface area (Å²) >= 11 is 7.82. The van der Waals surface area contributed by atoms with Gasteiger partial charge in [0.1, 0.15) is 5.75 Å². The van der Waals surface area contributed by atoms with Crippen molar-refractivity contribution in [3.63, 3.8) is 0 Å². The van der Waals surface area contributed by atoms with E-state index in [9.17, 15) is 9.90 Å². The fraction of sp³-hybridized carbons (Fsp3) is 0.421. The van der Waals surface area contributed by atoms with Gasteiger partial charge in [0.2, 0.25) is 0 Å². The Morgan fingerprint density at radius 3 is 3.08 bits per heavy atom. The Labute approximate surface area is 161 Å². The average Bonchev–Trinajstić information content (AvgIpc) is 3.37. The number of nitrogens with one attached hydrogen (secondary N) is 1. The fourth-order valence-electron chi connectivity index (χ4n) is 3.85. The second-order valence-electron chi connectivity index (χ2n) is 6.82. The molecule has 0 aliphatic carbocycles. The second-order valence-corrected chi connectivity index (χ2v) is 8.04. The van der Waals surface area contributed by atoms with Gasteiger partial charge in [-0.3, -0.25) is 0 Å². The molecule has 2 aliphatic rings. The summed E-state index contributed by atoms with van der Waals surface area (Å²) in [5.41, 5.74) is 3.21. The summed E-state index contributed by atoms with van der Waals surface area (Å²) in [7, 11) is 0. The van der Waals surface area contributed by atoms with Crippen LogP contribution in [0.3, 0.4) is 0 Å². The predicted molar refractivity (Wildman–Crippen MR) is 102 cm³/mol. The number of ether oxygens (including phenoxy) is 1. The van der Waals surface area contributed by atoms with Crippen LogP contribution in [0.4, 0.5) is 4.79 Å². The molecule has 3 heterocycles. The molecule has 1 aromatic carbocycles. The lowest BCUT2D eigenvalue weighted by Gasteiger charge is -2.18. The number of aliphatic hydroxyl groups is 1. The Hall–Kier alpha value is -1.76. The van der Waals surface area contributed by atoms with E-state index in [1.807, 2.05) is 17.5 Å². The summed E-state index contributed by atoms with van der Waals surface area (Å²) in [4.78, 5) is 14.4. The zero-order valence-electron chi connectivity index (χ0n) is 14.3. The Morgan fingerprint density at radius 2 is 2.31 bits per heavy atom. The van der Waals surface area contributed by atoms with Crippen LogP contribution in [0.1, 0.15) is 22.6 Å². The molecule has 138 valence electrons. The van der Waals surface area contributed by atoms with Crippen molar-refractivity contribution in [2.24, 2.45) is 5.92 Å². The van der Waals surface area contributed by atoms with E-state index in [-0.39, 0.29) is 24.5 Å². The van der Waals surface area contributed by atoms with Crippen molar-refractivity contribution >= 4 is 29.0 Å². The third-order valence-corrected chi connectivity index (χ3v) is 6.11. The number of thiophene rings is 1. The highest BCUT2D eigenvalue weighted by atomic mass is 35.5. The zero-order chi connectivity index (χ0) is 18.1. The molecule has 0 bridgehead atoms. The molecule has 0 radical (unpaired) electrons. The van der Waals surface area contributed by atoms with Crippen molar-refractivity contribution in [1.29, 1.82) is 0 Å². The van der Waals surface area contributed by atoms with Crippen molar-refractivity contribution in [1.82, 2.24) is 10.2 Å². The molecular weight excluding hydrogens is 372 g/mol. The predicted octanol–water partition coefficient (Wildman–Crippen LogP) is 3.25. The van der Waals surface area contributed by atoms with Crippen molar-refractivity contribution in [2.45, 2.75) is 18.9 Å². The van der Waals surface area contributed by atoms with Crippen molar-refractivity contribution in [3.8, 4) is 5.75 Å². The van der Waals surface area contributed by atoms with Gasteiger partial charge >= 0.3 is 6.03 Å². The third-order valence-electron chi connectivity index (χ3n) is 5.19. The Kier molecular flexibility index (Phi) is 5.07. The van der Waals surface area contributed by atoms with E-state index in [1.165, 1.54) is 5.56 Å². The highest BCUT2D eigenvalue weighted by Crippen LogP contribution is 2.34. The van der Waals surface area contributed by atoms with Crippen LogP contribution in [0.2, 0.25) is 5.02 Å². The number of urea groups is 1. The molecule has 5 nitrogen and oxygen atoms in total. The van der Waals surface area contributed by atoms with E-state index in [2.05, 4.69) is 16.8 Å². The number of rotatable bonds is 4. The topological polar surface area (TPSA) is 61.8 Å². The van der Waals surface area contributed by atoms with Crippen molar-refractivity contribution in [2.75, 3.05) is 26.3 Å². The standard InChI is InChI=1S/C19H21ClN2O3S/c20-16-5-12-1-3-25-18(12)14(6-16)7-21-19(24)22-8-15(10-23)17(9-22)13-2-4-26-11-13/h2,4-6,11,15,17,23H,1,3,7-10H2,(H,21,24)/t15-,17-/m0/s1. The second kappa shape index (κ2) is 7.47. The number of hydrogen-bond acceptors (Lipinski definition) is 4. The highest BCUT2D eigenvalue weighted by molar-refractivity contribution is 7.08. The molecule has 4 rings (SSSR count). The minimum absolute atomic E-state index is 0.0779. The van der Waals surface area contributed by atoms with E-state index in [1.54, 1.807) is 16.2 Å². The van der Waals surface area contributed by atoms with Gasteiger partial charge < -0.3 is 20.1 Å². The first-order chi connectivity index (χ1) is 12.7. The third kappa shape index (κ3) is 3.41. The van der Waals surface area contributed by atoms with Gasteiger partial charge in [-0.2, -0.15) is 11.3 Å². The van der Waals surface area contributed by atoms with Crippen molar-refractivity contribution in [3.05, 3.63) is 50.7 Å². The lowest BCUT2D eigenvalue weighted by molar-refractivity contribution is 0.197. The molecule has 0 spiro atoms. The van der Waals surface area contributed by atoms with Crippen LogP contribution in [-0.2, 0) is 13.0 Å². The molecule has 2 aliphatic heterocycles. The van der Waals surface area contributed by atoms with Crippen LogP contribution in [-0.4, -0.2) is 42.3 Å². The largest absolute Gasteiger partial charge is 0.493 e. The van der Waals surface area contributed by atoms with Crippen LogP contribution in [0, 0.1) is 5.92 Å². The number of aliphatic hydroxyl groups excluding tert-OH is 1. The van der Waals surface area contributed by atoms with E-state index >= 15 is 0 Å². The molecular formula is C19H21ClN2O3S. The van der Waals surface area contributed by atoms with Gasteiger partial charge in [0.05, 0.1) is 6.61 Å². The van der Waals surface area contributed by atoms with Gasteiger partial charge in [-0.1, -0.05) is 11.6 Å². The molecule has 2 aromatic rings. The summed E-state index contributed by atoms with van der Waals surface area (Å²) in [5, 5.41) is 17.5. The number of likely N-dealkylation sites (tertiary alicyclic amines) is 1. The lowest BCUT2D eigenvalue weighted by atomic mass is 9.92. The molecule has 1 aromatic heterocycles. The average molecular weight is 393 g/mol. The number of carbonyl (C=O) groups is 1. The molecule has 1 fully saturated rings. The van der Waals surface area contributed by atoms with E-state index < -0.39 is 0 Å². The molecule has 2 amide bonds. The summed E-state index contributed by atoms with van der Waals surface area (Å²) in [6.07, 6.45) is 0.851. The van der Waals surface area contributed by atoms with E-state index in [0.717, 1.165) is 23.3 Å². The molecule has 2 N–H and O–H groups in total. The van der Waals surface area contributed by atoms with Crippen LogP contribution in [0.15, 0.2) is 29.0 Å². The maximum absolute atomic E-state index is 12.6. The minimum Gasteiger partial charge on any atom is -0.493 e. The molecule has 7 heteroatoms. The van der Waals surface area contributed by atoms with Crippen LogP contribution >= 0.6 is 22.9 Å². The van der Waals surface area contributed by atoms with Crippen LogP contribution in [0.25, 0.3) is 0 Å². The van der Waals surface area contributed by atoms with Gasteiger partial charge in [-0.15, -0.1) is 0 Å². The van der Waals surface area contributed by atoms with Gasteiger partial charge in [0.15, 0.2) is 0 Å². The number of halogens is 1. The maximum atomic E-state index is 12.6. The number of carbonyl (C=O) groups excluding carboxylic acids is 1. The summed E-state index contributed by atoms with van der Waals surface area (Å²) in [5.74, 6) is 1.12. The SMILES string of the molecule is O=C(NCc1cc(Cl)cc2c1OCC2)N1C[C@@H](CO)[C@H](c2ccsc2)C1. The number of benzene rings is 1. The van der Waals surface area contributed by atoms with Crippen molar-refractivity contribution < 1.29 is 14.6 Å². The number of hydrogen-bond donors (Lipinski definition) is 2. The normalized spacial score (nSPS) is 21.5. The Morgan fingerprint density at radius 1 is 1.42 bits per heavy atom. The quantitative estimate of drug-likeness (QED) is 0.839. The molecule has 1 saturated heterocycles. The van der Waals surface area contributed by atoms with Gasteiger partial charge in [-0.25, -0.2) is 4.79 Å². The number of fused-ring (bicyclic) bond motifs is 1. The fourth-order valence-corrected chi connectivity index (χ4v) is 4.83. The lowest BCUT2D eigenvalue weighted by Crippen LogP contribution is -2.38. The van der Waals surface area contributed by atoms with Gasteiger partial charge in [0, 0.05) is 55.1 Å². The highest BCUT2D eigenvalue weighted by Gasteiger charge is 2.36. The molecule has 2 atom stereocenters. The smallest absolute Gasteiger partial charge is 0.317 e. The summed E-state index contributed by atoms with van der Waals surface area (Å²) in [6.45, 7) is 2.30. The Balaban J connectivity index is 1.42. The number of amides is 2. The maximum Gasteiger partial charge on any atom is 0.317 e. The summed E-state index contributed by atoms with van der Waals surface area (Å²) < 4.78 is 5.69. The summed E-state index contributed by atoms with van der Waals surface area (Å²) in [6, 6.07) is 5.73. The Bertz CT molecular complexity index is 796. The van der Waals surface area contributed by atoms with Gasteiger partial charge in [0.25, 0.3) is 0 Å². The van der Waals surface area contributed by atoms with E-state index in [0.29, 0.717) is 31.3 Å².